The Bertz CT molecular complexity index is 333. The molecule has 1 aromatic heterocycles. The van der Waals surface area contributed by atoms with Crippen LogP contribution in [0.25, 0.3) is 0 Å². The molecule has 0 aliphatic rings. The molecular formula is C12H21N3O. The number of aromatic nitrogens is 2. The molecule has 0 aromatic carbocycles. The Morgan fingerprint density at radius 1 is 1.31 bits per heavy atom. The zero-order valence-corrected chi connectivity index (χ0v) is 10.6. The third kappa shape index (κ3) is 3.77. The van der Waals surface area contributed by atoms with Gasteiger partial charge in [0, 0.05) is 24.8 Å². The summed E-state index contributed by atoms with van der Waals surface area (Å²) in [5.41, 5.74) is 0.312. The van der Waals surface area contributed by atoms with Gasteiger partial charge in [-0.3, -0.25) is 0 Å². The van der Waals surface area contributed by atoms with E-state index < -0.39 is 5.60 Å². The van der Waals surface area contributed by atoms with Crippen LogP contribution in [0.4, 0.5) is 5.82 Å². The quantitative estimate of drug-likeness (QED) is 0.824. The van der Waals surface area contributed by atoms with Gasteiger partial charge in [-0.25, -0.2) is 9.97 Å². The summed E-state index contributed by atoms with van der Waals surface area (Å²) in [6, 6.07) is 1.98. The second-order valence-electron chi connectivity index (χ2n) is 4.55. The Labute approximate surface area is 97.3 Å². The average molecular weight is 223 g/mol. The molecule has 0 amide bonds. The van der Waals surface area contributed by atoms with Crippen molar-refractivity contribution in [2.45, 2.75) is 39.7 Å². The van der Waals surface area contributed by atoms with Crippen LogP contribution in [-0.4, -0.2) is 33.8 Å². The van der Waals surface area contributed by atoms with Gasteiger partial charge in [0.05, 0.1) is 5.60 Å². The van der Waals surface area contributed by atoms with Gasteiger partial charge in [0.1, 0.15) is 12.1 Å². The molecule has 1 aromatic rings. The molecule has 1 N–H and O–H groups in total. The minimum Gasteiger partial charge on any atom is -0.389 e. The SMILES string of the molecule is CCc1cc(N(CC)CC(C)(C)O)ncn1. The summed E-state index contributed by atoms with van der Waals surface area (Å²) in [7, 11) is 0. The summed E-state index contributed by atoms with van der Waals surface area (Å²) in [5, 5.41) is 9.82. The van der Waals surface area contributed by atoms with Gasteiger partial charge in [0.25, 0.3) is 0 Å². The predicted octanol–water partition coefficient (Wildman–Crippen LogP) is 1.64. The fourth-order valence-electron chi connectivity index (χ4n) is 1.57. The molecule has 0 aliphatic carbocycles. The van der Waals surface area contributed by atoms with Gasteiger partial charge < -0.3 is 10.0 Å². The number of aliphatic hydroxyl groups is 1. The first kappa shape index (κ1) is 12.9. The van der Waals surface area contributed by atoms with Crippen LogP contribution in [0.2, 0.25) is 0 Å². The minimum absolute atomic E-state index is 0.573. The van der Waals surface area contributed by atoms with Crippen LogP contribution in [0.5, 0.6) is 0 Å². The molecule has 0 fully saturated rings. The molecule has 4 heteroatoms. The maximum atomic E-state index is 9.82. The van der Waals surface area contributed by atoms with Crippen molar-refractivity contribution >= 4 is 5.82 Å². The molecule has 0 atom stereocenters. The lowest BCUT2D eigenvalue weighted by atomic mass is 10.1. The molecule has 90 valence electrons. The van der Waals surface area contributed by atoms with E-state index in [-0.39, 0.29) is 0 Å². The number of hydrogen-bond donors (Lipinski definition) is 1. The maximum absolute atomic E-state index is 9.82. The van der Waals surface area contributed by atoms with Crippen molar-refractivity contribution in [1.82, 2.24) is 9.97 Å². The van der Waals surface area contributed by atoms with Crippen molar-refractivity contribution in [3.05, 3.63) is 18.1 Å². The highest BCUT2D eigenvalue weighted by Gasteiger charge is 2.18. The lowest BCUT2D eigenvalue weighted by molar-refractivity contribution is 0.0874. The smallest absolute Gasteiger partial charge is 0.132 e. The van der Waals surface area contributed by atoms with E-state index in [1.807, 2.05) is 6.07 Å². The van der Waals surface area contributed by atoms with E-state index in [1.54, 1.807) is 20.2 Å². The first-order valence-electron chi connectivity index (χ1n) is 5.74. The van der Waals surface area contributed by atoms with Crippen LogP contribution in [0.15, 0.2) is 12.4 Å². The molecular weight excluding hydrogens is 202 g/mol. The van der Waals surface area contributed by atoms with E-state index >= 15 is 0 Å². The van der Waals surface area contributed by atoms with E-state index in [0.29, 0.717) is 6.54 Å². The molecule has 0 bridgehead atoms. The Morgan fingerprint density at radius 2 is 2.00 bits per heavy atom. The average Bonchev–Trinajstić information content (AvgIpc) is 2.25. The lowest BCUT2D eigenvalue weighted by Crippen LogP contribution is -2.39. The van der Waals surface area contributed by atoms with E-state index in [2.05, 4.69) is 28.7 Å². The molecule has 0 spiro atoms. The number of likely N-dealkylation sites (N-methyl/N-ethyl adjacent to an activating group) is 1. The Kier molecular flexibility index (Phi) is 4.24. The van der Waals surface area contributed by atoms with Crippen LogP contribution >= 0.6 is 0 Å². The second kappa shape index (κ2) is 5.25. The number of rotatable bonds is 5. The molecule has 1 heterocycles. The normalized spacial score (nSPS) is 11.6. The molecule has 0 saturated carbocycles. The number of anilines is 1. The molecule has 4 nitrogen and oxygen atoms in total. The van der Waals surface area contributed by atoms with Crippen LogP contribution in [0.1, 0.15) is 33.4 Å². The van der Waals surface area contributed by atoms with Crippen molar-refractivity contribution in [2.75, 3.05) is 18.0 Å². The fourth-order valence-corrected chi connectivity index (χ4v) is 1.57. The summed E-state index contributed by atoms with van der Waals surface area (Å²) in [6.45, 7) is 9.13. The van der Waals surface area contributed by atoms with Gasteiger partial charge in [-0.05, 0) is 27.2 Å². The van der Waals surface area contributed by atoms with Crippen molar-refractivity contribution in [3.63, 3.8) is 0 Å². The molecule has 0 aliphatic heterocycles. The van der Waals surface area contributed by atoms with Crippen LogP contribution in [-0.2, 0) is 6.42 Å². The van der Waals surface area contributed by atoms with Gasteiger partial charge >= 0.3 is 0 Å². The van der Waals surface area contributed by atoms with Crippen LogP contribution in [0, 0.1) is 0 Å². The standard InChI is InChI=1S/C12H21N3O/c1-5-10-7-11(14-9-13-10)15(6-2)8-12(3,4)16/h7,9,16H,5-6,8H2,1-4H3. The minimum atomic E-state index is -0.715. The third-order valence-electron chi connectivity index (χ3n) is 2.36. The van der Waals surface area contributed by atoms with Crippen molar-refractivity contribution in [1.29, 1.82) is 0 Å². The summed E-state index contributed by atoms with van der Waals surface area (Å²) < 4.78 is 0. The van der Waals surface area contributed by atoms with Crippen LogP contribution < -0.4 is 4.90 Å². The number of nitrogens with zero attached hydrogens (tertiary/aromatic N) is 3. The summed E-state index contributed by atoms with van der Waals surface area (Å²) in [4.78, 5) is 10.5. The number of aryl methyl sites for hydroxylation is 1. The van der Waals surface area contributed by atoms with Gasteiger partial charge in [0.2, 0.25) is 0 Å². The largest absolute Gasteiger partial charge is 0.389 e. The Morgan fingerprint density at radius 3 is 2.50 bits per heavy atom. The highest BCUT2D eigenvalue weighted by atomic mass is 16.3. The summed E-state index contributed by atoms with van der Waals surface area (Å²) >= 11 is 0. The zero-order chi connectivity index (χ0) is 12.2. The first-order chi connectivity index (χ1) is 7.46. The third-order valence-corrected chi connectivity index (χ3v) is 2.36. The van der Waals surface area contributed by atoms with Crippen LogP contribution in [0.3, 0.4) is 0 Å². The van der Waals surface area contributed by atoms with E-state index in [9.17, 15) is 5.11 Å². The molecule has 1 rings (SSSR count). The highest BCUT2D eigenvalue weighted by molar-refractivity contribution is 5.39. The fraction of sp³-hybridized carbons (Fsp3) is 0.667. The second-order valence-corrected chi connectivity index (χ2v) is 4.55. The number of hydrogen-bond acceptors (Lipinski definition) is 4. The summed E-state index contributed by atoms with van der Waals surface area (Å²) in [5.74, 6) is 0.886. The molecule has 0 radical (unpaired) electrons. The van der Waals surface area contributed by atoms with E-state index in [0.717, 1.165) is 24.5 Å². The van der Waals surface area contributed by atoms with E-state index in [1.165, 1.54) is 0 Å². The molecule has 16 heavy (non-hydrogen) atoms. The Balaban J connectivity index is 2.86. The highest BCUT2D eigenvalue weighted by Crippen LogP contribution is 2.14. The predicted molar refractivity (Wildman–Crippen MR) is 65.6 cm³/mol. The molecule has 0 unspecified atom stereocenters. The van der Waals surface area contributed by atoms with Gasteiger partial charge in [-0.1, -0.05) is 6.92 Å². The maximum Gasteiger partial charge on any atom is 0.132 e. The van der Waals surface area contributed by atoms with Gasteiger partial charge in [-0.2, -0.15) is 0 Å². The summed E-state index contributed by atoms with van der Waals surface area (Å²) in [6.07, 6.45) is 2.48. The monoisotopic (exact) mass is 223 g/mol. The van der Waals surface area contributed by atoms with Crippen molar-refractivity contribution in [3.8, 4) is 0 Å². The van der Waals surface area contributed by atoms with E-state index in [4.69, 9.17) is 0 Å². The van der Waals surface area contributed by atoms with Gasteiger partial charge in [0.15, 0.2) is 0 Å². The zero-order valence-electron chi connectivity index (χ0n) is 10.6. The first-order valence-corrected chi connectivity index (χ1v) is 5.74. The Hall–Kier alpha value is -1.16. The molecule has 0 saturated heterocycles. The van der Waals surface area contributed by atoms with Gasteiger partial charge in [-0.15, -0.1) is 0 Å². The topological polar surface area (TPSA) is 49.2 Å². The van der Waals surface area contributed by atoms with Crippen molar-refractivity contribution in [2.24, 2.45) is 0 Å². The lowest BCUT2D eigenvalue weighted by Gasteiger charge is -2.29. The van der Waals surface area contributed by atoms with Crippen molar-refractivity contribution < 1.29 is 5.11 Å².